The van der Waals surface area contributed by atoms with Gasteiger partial charge in [-0.25, -0.2) is 12.8 Å². The predicted molar refractivity (Wildman–Crippen MR) is 104 cm³/mol. The van der Waals surface area contributed by atoms with Crippen molar-refractivity contribution in [3.63, 3.8) is 0 Å². The number of rotatable bonds is 7. The summed E-state index contributed by atoms with van der Waals surface area (Å²) in [5.41, 5.74) is 1.32. The first-order valence-electron chi connectivity index (χ1n) is 8.42. The summed E-state index contributed by atoms with van der Waals surface area (Å²) in [4.78, 5) is 25.5. The molecule has 0 bridgehead atoms. The standard InChI is InChI=1S/C19H22FN3O4S/c1-14-4-10-17(11-5-14)28(26,27)23(3)13-19(25)22(2)12-18(24)21-16-8-6-15(20)7-9-16/h4-11H,12-13H2,1-3H3,(H,21,24). The van der Waals surface area contributed by atoms with Crippen molar-refractivity contribution in [2.24, 2.45) is 0 Å². The number of likely N-dealkylation sites (N-methyl/N-ethyl adjacent to an activating group) is 2. The lowest BCUT2D eigenvalue weighted by molar-refractivity contribution is -0.133. The maximum absolute atomic E-state index is 12.9. The Kier molecular flexibility index (Phi) is 6.87. The molecule has 0 unspecified atom stereocenters. The van der Waals surface area contributed by atoms with Gasteiger partial charge in [-0.15, -0.1) is 0 Å². The van der Waals surface area contributed by atoms with Gasteiger partial charge in [0, 0.05) is 19.8 Å². The van der Waals surface area contributed by atoms with Gasteiger partial charge in [0.15, 0.2) is 0 Å². The third-order valence-corrected chi connectivity index (χ3v) is 5.84. The van der Waals surface area contributed by atoms with Crippen LogP contribution < -0.4 is 5.32 Å². The van der Waals surface area contributed by atoms with E-state index < -0.39 is 34.2 Å². The second kappa shape index (κ2) is 8.94. The molecule has 7 nitrogen and oxygen atoms in total. The molecule has 9 heteroatoms. The zero-order valence-corrected chi connectivity index (χ0v) is 16.7. The van der Waals surface area contributed by atoms with E-state index in [4.69, 9.17) is 0 Å². The van der Waals surface area contributed by atoms with E-state index in [1.54, 1.807) is 12.1 Å². The van der Waals surface area contributed by atoms with Crippen LogP contribution in [0.4, 0.5) is 10.1 Å². The van der Waals surface area contributed by atoms with Crippen molar-refractivity contribution in [3.8, 4) is 0 Å². The Labute approximate surface area is 163 Å². The SMILES string of the molecule is Cc1ccc(S(=O)(=O)N(C)CC(=O)N(C)CC(=O)Nc2ccc(F)cc2)cc1. The number of halogens is 1. The van der Waals surface area contributed by atoms with Crippen LogP contribution in [0.25, 0.3) is 0 Å². The largest absolute Gasteiger partial charge is 0.335 e. The summed E-state index contributed by atoms with van der Waals surface area (Å²) in [5.74, 6) is -1.44. The van der Waals surface area contributed by atoms with Crippen molar-refractivity contribution in [1.29, 1.82) is 0 Å². The first-order valence-corrected chi connectivity index (χ1v) is 9.86. The summed E-state index contributed by atoms with van der Waals surface area (Å²) in [6.45, 7) is 1.17. The normalized spacial score (nSPS) is 11.3. The number of hydrogen-bond donors (Lipinski definition) is 1. The van der Waals surface area contributed by atoms with Gasteiger partial charge in [-0.1, -0.05) is 17.7 Å². The average molecular weight is 407 g/mol. The molecule has 0 saturated carbocycles. The number of carbonyl (C=O) groups is 2. The van der Waals surface area contributed by atoms with Crippen LogP contribution in [0.2, 0.25) is 0 Å². The van der Waals surface area contributed by atoms with Crippen molar-refractivity contribution in [3.05, 3.63) is 59.9 Å². The van der Waals surface area contributed by atoms with Crippen molar-refractivity contribution in [2.45, 2.75) is 11.8 Å². The van der Waals surface area contributed by atoms with Crippen LogP contribution in [0.3, 0.4) is 0 Å². The molecule has 0 spiro atoms. The highest BCUT2D eigenvalue weighted by atomic mass is 32.2. The highest BCUT2D eigenvalue weighted by Gasteiger charge is 2.24. The molecule has 28 heavy (non-hydrogen) atoms. The van der Waals surface area contributed by atoms with Crippen LogP contribution >= 0.6 is 0 Å². The lowest BCUT2D eigenvalue weighted by Gasteiger charge is -2.21. The summed E-state index contributed by atoms with van der Waals surface area (Å²) in [6, 6.07) is 11.5. The van der Waals surface area contributed by atoms with Crippen molar-refractivity contribution in [2.75, 3.05) is 32.5 Å². The molecular weight excluding hydrogens is 385 g/mol. The fourth-order valence-corrected chi connectivity index (χ4v) is 3.44. The van der Waals surface area contributed by atoms with Gasteiger partial charge in [0.1, 0.15) is 5.82 Å². The van der Waals surface area contributed by atoms with E-state index in [1.165, 1.54) is 50.5 Å². The number of benzene rings is 2. The van der Waals surface area contributed by atoms with Crippen molar-refractivity contribution < 1.29 is 22.4 Å². The summed E-state index contributed by atoms with van der Waals surface area (Å²) in [6.07, 6.45) is 0. The lowest BCUT2D eigenvalue weighted by atomic mass is 10.2. The van der Waals surface area contributed by atoms with Crippen molar-refractivity contribution in [1.82, 2.24) is 9.21 Å². The molecule has 0 aliphatic carbocycles. The van der Waals surface area contributed by atoms with Crippen LogP contribution in [0, 0.1) is 12.7 Å². The van der Waals surface area contributed by atoms with Gasteiger partial charge in [-0.3, -0.25) is 9.59 Å². The van der Waals surface area contributed by atoms with Crippen LogP contribution in [0.5, 0.6) is 0 Å². The Hall–Kier alpha value is -2.78. The first-order chi connectivity index (χ1) is 13.1. The zero-order chi connectivity index (χ0) is 20.9. The molecule has 0 fully saturated rings. The Balaban J connectivity index is 1.94. The molecule has 2 aromatic rings. The molecular formula is C19H22FN3O4S. The number of carbonyl (C=O) groups excluding carboxylic acids is 2. The summed E-state index contributed by atoms with van der Waals surface area (Å²) in [7, 11) is -1.11. The number of amides is 2. The molecule has 2 aromatic carbocycles. The second-order valence-corrected chi connectivity index (χ2v) is 8.42. The smallest absolute Gasteiger partial charge is 0.243 e. The fraction of sp³-hybridized carbons (Fsp3) is 0.263. The van der Waals surface area contributed by atoms with E-state index in [2.05, 4.69) is 5.32 Å². The number of sulfonamides is 1. The molecule has 0 aliphatic heterocycles. The number of nitrogens with zero attached hydrogens (tertiary/aromatic N) is 2. The lowest BCUT2D eigenvalue weighted by Crippen LogP contribution is -2.42. The van der Waals surface area contributed by atoms with Gasteiger partial charge in [0.2, 0.25) is 21.8 Å². The Morgan fingerprint density at radius 1 is 0.964 bits per heavy atom. The predicted octanol–water partition coefficient (Wildman–Crippen LogP) is 1.85. The quantitative estimate of drug-likeness (QED) is 0.759. The van der Waals surface area contributed by atoms with Crippen LogP contribution in [0.15, 0.2) is 53.4 Å². The van der Waals surface area contributed by atoms with Gasteiger partial charge in [0.05, 0.1) is 18.0 Å². The Morgan fingerprint density at radius 2 is 1.54 bits per heavy atom. The fourth-order valence-electron chi connectivity index (χ4n) is 2.32. The second-order valence-electron chi connectivity index (χ2n) is 6.38. The molecule has 0 radical (unpaired) electrons. The molecule has 1 N–H and O–H groups in total. The number of anilines is 1. The molecule has 0 heterocycles. The minimum Gasteiger partial charge on any atom is -0.335 e. The van der Waals surface area contributed by atoms with Gasteiger partial charge >= 0.3 is 0 Å². The molecule has 2 rings (SSSR count). The van der Waals surface area contributed by atoms with Gasteiger partial charge < -0.3 is 10.2 Å². The first kappa shape index (κ1) is 21.5. The van der Waals surface area contributed by atoms with Gasteiger partial charge in [0.25, 0.3) is 0 Å². The third-order valence-electron chi connectivity index (χ3n) is 4.02. The van der Waals surface area contributed by atoms with Crippen LogP contribution in [-0.4, -0.2) is 56.6 Å². The molecule has 0 atom stereocenters. The summed E-state index contributed by atoms with van der Waals surface area (Å²) >= 11 is 0. The summed E-state index contributed by atoms with van der Waals surface area (Å²) in [5, 5.41) is 2.54. The zero-order valence-electron chi connectivity index (χ0n) is 15.8. The van der Waals surface area contributed by atoms with Crippen molar-refractivity contribution >= 4 is 27.5 Å². The van der Waals surface area contributed by atoms with E-state index in [0.717, 1.165) is 14.8 Å². The minimum absolute atomic E-state index is 0.0881. The monoisotopic (exact) mass is 407 g/mol. The highest BCUT2D eigenvalue weighted by Crippen LogP contribution is 2.15. The van der Waals surface area contributed by atoms with E-state index in [-0.39, 0.29) is 11.4 Å². The topological polar surface area (TPSA) is 86.8 Å². The Bertz CT molecular complexity index is 944. The van der Waals surface area contributed by atoms with Gasteiger partial charge in [-0.2, -0.15) is 4.31 Å². The molecule has 0 aromatic heterocycles. The number of nitrogens with one attached hydrogen (secondary N) is 1. The third kappa shape index (κ3) is 5.61. The van der Waals surface area contributed by atoms with E-state index >= 15 is 0 Å². The molecule has 150 valence electrons. The summed E-state index contributed by atoms with van der Waals surface area (Å²) < 4.78 is 38.9. The van der Waals surface area contributed by atoms with E-state index in [0.29, 0.717) is 5.69 Å². The number of aryl methyl sites for hydroxylation is 1. The van der Waals surface area contributed by atoms with Crippen LogP contribution in [-0.2, 0) is 19.6 Å². The molecule has 0 saturated heterocycles. The molecule has 0 aliphatic rings. The highest BCUT2D eigenvalue weighted by molar-refractivity contribution is 7.89. The van der Waals surface area contributed by atoms with Crippen LogP contribution in [0.1, 0.15) is 5.56 Å². The maximum atomic E-state index is 12.9. The minimum atomic E-state index is -3.82. The molecule has 2 amide bonds. The number of hydrogen-bond acceptors (Lipinski definition) is 4. The maximum Gasteiger partial charge on any atom is 0.243 e. The van der Waals surface area contributed by atoms with Gasteiger partial charge in [-0.05, 0) is 43.3 Å². The Morgan fingerprint density at radius 3 is 2.11 bits per heavy atom. The average Bonchev–Trinajstić information content (AvgIpc) is 2.63. The van der Waals surface area contributed by atoms with E-state index in [9.17, 15) is 22.4 Å². The van der Waals surface area contributed by atoms with E-state index in [1.807, 2.05) is 6.92 Å².